The zero-order chi connectivity index (χ0) is 14.1. The third-order valence-electron chi connectivity index (χ3n) is 3.39. The molecule has 102 valence electrons. The number of halogens is 2. The summed E-state index contributed by atoms with van der Waals surface area (Å²) < 4.78 is 2.24. The second-order valence-electron chi connectivity index (χ2n) is 4.58. The van der Waals surface area contributed by atoms with Gasteiger partial charge >= 0.3 is 0 Å². The van der Waals surface area contributed by atoms with Gasteiger partial charge in [-0.15, -0.1) is 11.3 Å². The maximum atomic E-state index is 6.08. The van der Waals surface area contributed by atoms with Crippen molar-refractivity contribution in [1.82, 2.24) is 5.32 Å². The minimum Gasteiger partial charge on any atom is -0.309 e. The van der Waals surface area contributed by atoms with E-state index in [1.807, 2.05) is 13.1 Å². The van der Waals surface area contributed by atoms with Crippen molar-refractivity contribution in [3.63, 3.8) is 0 Å². The van der Waals surface area contributed by atoms with Crippen molar-refractivity contribution >= 4 is 49.0 Å². The van der Waals surface area contributed by atoms with Crippen LogP contribution >= 0.6 is 38.9 Å². The molecule has 1 aromatic heterocycles. The zero-order valence-electron chi connectivity index (χ0n) is 10.9. The Hall–Kier alpha value is -0.870. The van der Waals surface area contributed by atoms with E-state index in [9.17, 15) is 0 Å². The molecule has 4 heteroatoms. The molecule has 0 aliphatic rings. The first-order valence-corrected chi connectivity index (χ1v) is 8.34. The van der Waals surface area contributed by atoms with E-state index in [1.54, 1.807) is 11.3 Å². The molecule has 1 nitrogen and oxygen atoms in total. The maximum Gasteiger partial charge on any atom is 0.0589 e. The van der Waals surface area contributed by atoms with Crippen LogP contribution in [0.1, 0.15) is 17.2 Å². The van der Waals surface area contributed by atoms with Crippen molar-refractivity contribution in [3.05, 3.63) is 68.5 Å². The third kappa shape index (κ3) is 2.51. The Morgan fingerprint density at radius 2 is 2.00 bits per heavy atom. The summed E-state index contributed by atoms with van der Waals surface area (Å²) in [6.07, 6.45) is 0. The molecule has 0 fully saturated rings. The molecule has 0 spiro atoms. The highest BCUT2D eigenvalue weighted by atomic mass is 79.9. The first kappa shape index (κ1) is 14.1. The monoisotopic (exact) mass is 365 g/mol. The zero-order valence-corrected chi connectivity index (χ0v) is 14.0. The summed E-state index contributed by atoms with van der Waals surface area (Å²) in [6.45, 7) is 0. The Kier molecular flexibility index (Phi) is 4.13. The van der Waals surface area contributed by atoms with Gasteiger partial charge in [0.2, 0.25) is 0 Å². The van der Waals surface area contributed by atoms with Crippen LogP contribution in [0, 0.1) is 0 Å². The standard InChI is InChI=1S/C16H13BrClNS/c1-19-16(10-6-7-14(18)13(17)8-10)12-9-20-15-5-3-2-4-11(12)15/h2-9,16,19H,1H3. The smallest absolute Gasteiger partial charge is 0.0589 e. The Labute approximate surface area is 135 Å². The predicted octanol–water partition coefficient (Wildman–Crippen LogP) is 5.63. The van der Waals surface area contributed by atoms with Gasteiger partial charge in [-0.3, -0.25) is 0 Å². The molecular formula is C16H13BrClNS. The van der Waals surface area contributed by atoms with Crippen molar-refractivity contribution in [1.29, 1.82) is 0 Å². The average Bonchev–Trinajstić information content (AvgIpc) is 2.88. The molecule has 1 heterocycles. The number of hydrogen-bond acceptors (Lipinski definition) is 2. The van der Waals surface area contributed by atoms with E-state index < -0.39 is 0 Å². The molecule has 1 N–H and O–H groups in total. The Morgan fingerprint density at radius 1 is 1.20 bits per heavy atom. The molecular weight excluding hydrogens is 354 g/mol. The Morgan fingerprint density at radius 3 is 2.75 bits per heavy atom. The fourth-order valence-electron chi connectivity index (χ4n) is 2.42. The summed E-state index contributed by atoms with van der Waals surface area (Å²) in [5.74, 6) is 0. The van der Waals surface area contributed by atoms with E-state index >= 15 is 0 Å². The maximum absolute atomic E-state index is 6.08. The second-order valence-corrected chi connectivity index (χ2v) is 6.76. The van der Waals surface area contributed by atoms with Crippen LogP contribution in [0.25, 0.3) is 10.1 Å². The number of thiophene rings is 1. The number of benzene rings is 2. The molecule has 0 aliphatic heterocycles. The first-order chi connectivity index (χ1) is 9.70. The van der Waals surface area contributed by atoms with Crippen LogP contribution in [0.5, 0.6) is 0 Å². The van der Waals surface area contributed by atoms with Crippen molar-refractivity contribution in [2.45, 2.75) is 6.04 Å². The number of nitrogens with one attached hydrogen (secondary N) is 1. The lowest BCUT2D eigenvalue weighted by Gasteiger charge is -2.17. The highest BCUT2D eigenvalue weighted by molar-refractivity contribution is 9.10. The molecule has 3 rings (SSSR count). The predicted molar refractivity (Wildman–Crippen MR) is 91.9 cm³/mol. The van der Waals surface area contributed by atoms with Crippen LogP contribution in [0.3, 0.4) is 0 Å². The van der Waals surface area contributed by atoms with Gasteiger partial charge in [-0.05, 0) is 63.1 Å². The molecule has 0 saturated carbocycles. The lowest BCUT2D eigenvalue weighted by atomic mass is 9.98. The first-order valence-electron chi connectivity index (χ1n) is 6.29. The van der Waals surface area contributed by atoms with Gasteiger partial charge in [0, 0.05) is 9.17 Å². The highest BCUT2D eigenvalue weighted by Crippen LogP contribution is 2.35. The van der Waals surface area contributed by atoms with E-state index in [4.69, 9.17) is 11.6 Å². The summed E-state index contributed by atoms with van der Waals surface area (Å²) in [5, 5.41) is 7.68. The van der Waals surface area contributed by atoms with Crippen LogP contribution in [0.2, 0.25) is 5.02 Å². The average molecular weight is 367 g/mol. The Bertz CT molecular complexity index is 753. The fourth-order valence-corrected chi connectivity index (χ4v) is 3.92. The largest absolute Gasteiger partial charge is 0.309 e. The lowest BCUT2D eigenvalue weighted by Crippen LogP contribution is -2.17. The molecule has 1 unspecified atom stereocenters. The topological polar surface area (TPSA) is 12.0 Å². The van der Waals surface area contributed by atoms with Crippen LogP contribution in [0.15, 0.2) is 52.3 Å². The van der Waals surface area contributed by atoms with E-state index in [0.717, 1.165) is 9.50 Å². The number of rotatable bonds is 3. The van der Waals surface area contributed by atoms with Gasteiger partial charge < -0.3 is 5.32 Å². The molecule has 0 amide bonds. The van der Waals surface area contributed by atoms with Crippen molar-refractivity contribution < 1.29 is 0 Å². The number of hydrogen-bond donors (Lipinski definition) is 1. The fraction of sp³-hybridized carbons (Fsp3) is 0.125. The van der Waals surface area contributed by atoms with Crippen LogP contribution in [-0.4, -0.2) is 7.05 Å². The van der Waals surface area contributed by atoms with Gasteiger partial charge in [-0.25, -0.2) is 0 Å². The van der Waals surface area contributed by atoms with Crippen molar-refractivity contribution in [2.24, 2.45) is 0 Å². The number of fused-ring (bicyclic) bond motifs is 1. The van der Waals surface area contributed by atoms with Crippen molar-refractivity contribution in [2.75, 3.05) is 7.05 Å². The molecule has 3 aromatic rings. The Balaban J connectivity index is 2.11. The van der Waals surface area contributed by atoms with E-state index in [2.05, 4.69) is 63.0 Å². The highest BCUT2D eigenvalue weighted by Gasteiger charge is 2.16. The molecule has 2 aromatic carbocycles. The SMILES string of the molecule is CNC(c1ccc(Cl)c(Br)c1)c1csc2ccccc12. The third-order valence-corrected chi connectivity index (χ3v) is 5.58. The molecule has 1 atom stereocenters. The van der Waals surface area contributed by atoms with Crippen LogP contribution in [-0.2, 0) is 0 Å². The van der Waals surface area contributed by atoms with Gasteiger partial charge in [0.05, 0.1) is 11.1 Å². The summed E-state index contributed by atoms with van der Waals surface area (Å²) in [6, 6.07) is 14.7. The van der Waals surface area contributed by atoms with E-state index in [1.165, 1.54) is 21.2 Å². The van der Waals surface area contributed by atoms with Gasteiger partial charge in [0.15, 0.2) is 0 Å². The quantitative estimate of drug-likeness (QED) is 0.634. The summed E-state index contributed by atoms with van der Waals surface area (Å²) in [4.78, 5) is 0. The molecule has 0 bridgehead atoms. The van der Waals surface area contributed by atoms with Gasteiger partial charge in [-0.1, -0.05) is 35.9 Å². The lowest BCUT2D eigenvalue weighted by molar-refractivity contribution is 0.698. The molecule has 0 radical (unpaired) electrons. The minimum absolute atomic E-state index is 0.166. The molecule has 0 saturated heterocycles. The molecule has 0 aliphatic carbocycles. The van der Waals surface area contributed by atoms with Gasteiger partial charge in [-0.2, -0.15) is 0 Å². The normalized spacial score (nSPS) is 12.8. The van der Waals surface area contributed by atoms with E-state index in [0.29, 0.717) is 0 Å². The molecule has 20 heavy (non-hydrogen) atoms. The minimum atomic E-state index is 0.166. The van der Waals surface area contributed by atoms with Crippen molar-refractivity contribution in [3.8, 4) is 0 Å². The second kappa shape index (κ2) is 5.86. The van der Waals surface area contributed by atoms with Crippen LogP contribution in [0.4, 0.5) is 0 Å². The summed E-state index contributed by atoms with van der Waals surface area (Å²) in [7, 11) is 1.99. The van der Waals surface area contributed by atoms with E-state index in [-0.39, 0.29) is 6.04 Å². The summed E-state index contributed by atoms with van der Waals surface area (Å²) in [5.41, 5.74) is 2.51. The van der Waals surface area contributed by atoms with Crippen LogP contribution < -0.4 is 5.32 Å². The summed E-state index contributed by atoms with van der Waals surface area (Å²) >= 11 is 11.4. The van der Waals surface area contributed by atoms with Gasteiger partial charge in [0.1, 0.15) is 0 Å². The van der Waals surface area contributed by atoms with Gasteiger partial charge in [0.25, 0.3) is 0 Å².